The first-order valence-electron chi connectivity index (χ1n) is 4.37. The predicted molar refractivity (Wildman–Crippen MR) is 62.8 cm³/mol. The normalized spacial score (nSPS) is 14.7. The minimum atomic E-state index is 0.173. The van der Waals surface area contributed by atoms with E-state index < -0.39 is 0 Å². The van der Waals surface area contributed by atoms with Crippen LogP contribution in [-0.2, 0) is 0 Å². The summed E-state index contributed by atoms with van der Waals surface area (Å²) in [5.41, 5.74) is 7.78. The van der Waals surface area contributed by atoms with Crippen molar-refractivity contribution in [2.24, 2.45) is 5.73 Å². The Morgan fingerprint density at radius 2 is 2.23 bits per heavy atom. The first-order chi connectivity index (χ1) is 6.08. The monoisotopic (exact) mass is 198 g/mol. The summed E-state index contributed by atoms with van der Waals surface area (Å²) in [6.45, 7) is 7.80. The van der Waals surface area contributed by atoms with E-state index in [0.29, 0.717) is 4.99 Å². The minimum absolute atomic E-state index is 0.173. The van der Waals surface area contributed by atoms with Crippen molar-refractivity contribution in [3.8, 4) is 0 Å². The van der Waals surface area contributed by atoms with Crippen molar-refractivity contribution in [3.05, 3.63) is 23.8 Å². The van der Waals surface area contributed by atoms with Gasteiger partial charge in [-0.1, -0.05) is 25.2 Å². The van der Waals surface area contributed by atoms with Crippen molar-refractivity contribution in [3.63, 3.8) is 0 Å². The lowest BCUT2D eigenvalue weighted by Gasteiger charge is -2.17. The molecule has 0 spiro atoms. The smallest absolute Gasteiger partial charge is 0.0991 e. The Morgan fingerprint density at radius 1 is 1.69 bits per heavy atom. The third-order valence-corrected chi connectivity index (χ3v) is 2.46. The molecule has 0 saturated heterocycles. The van der Waals surface area contributed by atoms with E-state index in [1.54, 1.807) is 0 Å². The summed E-state index contributed by atoms with van der Waals surface area (Å²) >= 11 is 4.93. The highest BCUT2D eigenvalue weighted by molar-refractivity contribution is 7.80. The van der Waals surface area contributed by atoms with E-state index in [9.17, 15) is 0 Å². The Morgan fingerprint density at radius 3 is 2.46 bits per heavy atom. The molecule has 13 heavy (non-hydrogen) atoms. The molecule has 0 aliphatic carbocycles. The molecule has 1 unspecified atom stereocenters. The second-order valence-electron chi connectivity index (χ2n) is 2.87. The van der Waals surface area contributed by atoms with Gasteiger partial charge in [0, 0.05) is 6.04 Å². The van der Waals surface area contributed by atoms with Gasteiger partial charge in [0.2, 0.25) is 0 Å². The SMILES string of the molecule is C=CC(NC)/C(CC)=C(/C)C(N)=S. The fourth-order valence-electron chi connectivity index (χ4n) is 1.31. The Labute approximate surface area is 85.9 Å². The van der Waals surface area contributed by atoms with E-state index >= 15 is 0 Å². The van der Waals surface area contributed by atoms with Crippen molar-refractivity contribution < 1.29 is 0 Å². The summed E-state index contributed by atoms with van der Waals surface area (Å²) < 4.78 is 0. The van der Waals surface area contributed by atoms with Crippen LogP contribution in [0.25, 0.3) is 0 Å². The van der Waals surface area contributed by atoms with Crippen LogP contribution >= 0.6 is 12.2 Å². The molecule has 0 rings (SSSR count). The van der Waals surface area contributed by atoms with Crippen LogP contribution in [-0.4, -0.2) is 18.1 Å². The molecule has 0 aromatic carbocycles. The molecule has 74 valence electrons. The van der Waals surface area contributed by atoms with Crippen LogP contribution in [0.4, 0.5) is 0 Å². The van der Waals surface area contributed by atoms with E-state index in [0.717, 1.165) is 12.0 Å². The molecule has 0 bridgehead atoms. The molecule has 0 fully saturated rings. The molecule has 1 atom stereocenters. The molecule has 0 aromatic heterocycles. The van der Waals surface area contributed by atoms with E-state index in [1.165, 1.54) is 5.57 Å². The summed E-state index contributed by atoms with van der Waals surface area (Å²) in [5, 5.41) is 3.15. The Balaban J connectivity index is 4.94. The number of nitrogens with one attached hydrogen (secondary N) is 1. The number of hydrogen-bond acceptors (Lipinski definition) is 2. The number of nitrogens with two attached hydrogens (primary N) is 1. The zero-order valence-corrected chi connectivity index (χ0v) is 9.37. The van der Waals surface area contributed by atoms with Crippen molar-refractivity contribution in [1.29, 1.82) is 0 Å². The van der Waals surface area contributed by atoms with Gasteiger partial charge in [-0.05, 0) is 31.5 Å². The number of rotatable bonds is 5. The van der Waals surface area contributed by atoms with Crippen LogP contribution in [0.5, 0.6) is 0 Å². The molecule has 0 amide bonds. The summed E-state index contributed by atoms with van der Waals surface area (Å²) in [4.78, 5) is 0.471. The zero-order valence-electron chi connectivity index (χ0n) is 8.55. The first kappa shape index (κ1) is 12.3. The zero-order chi connectivity index (χ0) is 10.4. The average Bonchev–Trinajstić information content (AvgIpc) is 2.12. The van der Waals surface area contributed by atoms with Gasteiger partial charge in [0.1, 0.15) is 0 Å². The quantitative estimate of drug-likeness (QED) is 0.402. The molecular weight excluding hydrogens is 180 g/mol. The summed E-state index contributed by atoms with van der Waals surface area (Å²) in [7, 11) is 1.90. The average molecular weight is 198 g/mol. The lowest BCUT2D eigenvalue weighted by Crippen LogP contribution is -2.27. The molecule has 0 radical (unpaired) electrons. The Hall–Kier alpha value is -0.670. The van der Waals surface area contributed by atoms with Crippen LogP contribution in [0.1, 0.15) is 20.3 Å². The predicted octanol–water partition coefficient (Wildman–Crippen LogP) is 1.77. The second kappa shape index (κ2) is 5.89. The topological polar surface area (TPSA) is 38.0 Å². The van der Waals surface area contributed by atoms with Gasteiger partial charge in [-0.3, -0.25) is 0 Å². The maximum Gasteiger partial charge on any atom is 0.0991 e. The minimum Gasteiger partial charge on any atom is -0.390 e. The van der Waals surface area contributed by atoms with Crippen LogP contribution in [0, 0.1) is 0 Å². The maximum atomic E-state index is 5.57. The van der Waals surface area contributed by atoms with E-state index in [1.807, 2.05) is 20.0 Å². The van der Waals surface area contributed by atoms with Gasteiger partial charge in [-0.15, -0.1) is 6.58 Å². The highest BCUT2D eigenvalue weighted by Crippen LogP contribution is 2.14. The van der Waals surface area contributed by atoms with Gasteiger partial charge in [0.25, 0.3) is 0 Å². The number of hydrogen-bond donors (Lipinski definition) is 2. The van der Waals surface area contributed by atoms with Gasteiger partial charge in [-0.25, -0.2) is 0 Å². The molecule has 2 nitrogen and oxygen atoms in total. The molecule has 0 heterocycles. The highest BCUT2D eigenvalue weighted by Gasteiger charge is 2.10. The van der Waals surface area contributed by atoms with Gasteiger partial charge in [0.05, 0.1) is 4.99 Å². The van der Waals surface area contributed by atoms with E-state index in [4.69, 9.17) is 18.0 Å². The molecular formula is C10H18N2S. The summed E-state index contributed by atoms with van der Waals surface area (Å²) in [6.07, 6.45) is 2.79. The molecule has 0 aliphatic heterocycles. The third-order valence-electron chi connectivity index (χ3n) is 2.15. The van der Waals surface area contributed by atoms with Crippen molar-refractivity contribution >= 4 is 17.2 Å². The number of thiocarbonyl (C=S) groups is 1. The summed E-state index contributed by atoms with van der Waals surface area (Å²) in [6, 6.07) is 0.173. The number of likely N-dealkylation sites (N-methyl/N-ethyl adjacent to an activating group) is 1. The van der Waals surface area contributed by atoms with Crippen LogP contribution in [0.3, 0.4) is 0 Å². The van der Waals surface area contributed by atoms with Crippen LogP contribution in [0.2, 0.25) is 0 Å². The van der Waals surface area contributed by atoms with E-state index in [2.05, 4.69) is 18.8 Å². The summed E-state index contributed by atoms with van der Waals surface area (Å²) in [5.74, 6) is 0. The fraction of sp³-hybridized carbons (Fsp3) is 0.500. The first-order valence-corrected chi connectivity index (χ1v) is 4.78. The van der Waals surface area contributed by atoms with Crippen molar-refractivity contribution in [1.82, 2.24) is 5.32 Å². The second-order valence-corrected chi connectivity index (χ2v) is 3.31. The van der Waals surface area contributed by atoms with Gasteiger partial charge >= 0.3 is 0 Å². The standard InChI is InChI=1S/C10H18N2S/c1-5-8(7(3)10(11)13)9(6-2)12-4/h6,9,12H,2,5H2,1,3-4H3,(H2,11,13)/b8-7-. The third kappa shape index (κ3) is 3.28. The van der Waals surface area contributed by atoms with Gasteiger partial charge in [0.15, 0.2) is 0 Å². The maximum absolute atomic E-state index is 5.57. The Kier molecular flexibility index (Phi) is 5.58. The van der Waals surface area contributed by atoms with Crippen LogP contribution < -0.4 is 11.1 Å². The van der Waals surface area contributed by atoms with E-state index in [-0.39, 0.29) is 6.04 Å². The van der Waals surface area contributed by atoms with Crippen molar-refractivity contribution in [2.75, 3.05) is 7.05 Å². The lowest BCUT2D eigenvalue weighted by atomic mass is 9.99. The molecule has 0 aromatic rings. The molecule has 0 aliphatic rings. The van der Waals surface area contributed by atoms with Gasteiger partial charge < -0.3 is 11.1 Å². The lowest BCUT2D eigenvalue weighted by molar-refractivity contribution is 0.723. The van der Waals surface area contributed by atoms with Crippen LogP contribution in [0.15, 0.2) is 23.8 Å². The largest absolute Gasteiger partial charge is 0.390 e. The van der Waals surface area contributed by atoms with Crippen molar-refractivity contribution in [2.45, 2.75) is 26.3 Å². The molecule has 3 N–H and O–H groups in total. The molecule has 3 heteroatoms. The highest BCUT2D eigenvalue weighted by atomic mass is 32.1. The van der Waals surface area contributed by atoms with Gasteiger partial charge in [-0.2, -0.15) is 0 Å². The Bertz CT molecular complexity index is 231. The molecule has 0 saturated carbocycles. The fourth-order valence-corrected chi connectivity index (χ4v) is 1.44.